The van der Waals surface area contributed by atoms with Crippen molar-refractivity contribution in [1.29, 1.82) is 0 Å². The molecular weight excluding hydrogens is 136 g/mol. The van der Waals surface area contributed by atoms with Gasteiger partial charge in [-0.25, -0.2) is 0 Å². The number of rotatable bonds is 3. The predicted molar refractivity (Wildman–Crippen MR) is 49.5 cm³/mol. The lowest BCUT2D eigenvalue weighted by atomic mass is 9.77. The Morgan fingerprint density at radius 3 is 1.91 bits per heavy atom. The van der Waals surface area contributed by atoms with Gasteiger partial charge in [0.1, 0.15) is 0 Å². The van der Waals surface area contributed by atoms with Gasteiger partial charge < -0.3 is 5.11 Å². The molecule has 0 aliphatic heterocycles. The minimum atomic E-state index is -0.640. The van der Waals surface area contributed by atoms with Gasteiger partial charge in [0.25, 0.3) is 0 Å². The molecule has 1 heteroatoms. The maximum Gasteiger partial charge on any atom is 0.0676 e. The van der Waals surface area contributed by atoms with Crippen molar-refractivity contribution in [1.82, 2.24) is 0 Å². The molecule has 0 saturated heterocycles. The summed E-state index contributed by atoms with van der Waals surface area (Å²) in [6, 6.07) is 0. The lowest BCUT2D eigenvalue weighted by Crippen LogP contribution is -2.37. The van der Waals surface area contributed by atoms with E-state index in [2.05, 4.69) is 19.1 Å². The summed E-state index contributed by atoms with van der Waals surface area (Å²) in [6.45, 7) is 9.86. The van der Waals surface area contributed by atoms with E-state index in [-0.39, 0.29) is 5.41 Å². The molecule has 0 aromatic rings. The highest BCUT2D eigenvalue weighted by Crippen LogP contribution is 2.31. The van der Waals surface area contributed by atoms with E-state index in [1.54, 1.807) is 0 Å². The van der Waals surface area contributed by atoms with Crippen LogP contribution in [-0.4, -0.2) is 10.7 Å². The van der Waals surface area contributed by atoms with E-state index in [0.29, 0.717) is 0 Å². The first-order valence-electron chi connectivity index (χ1n) is 4.21. The number of aliphatic hydroxyl groups is 1. The summed E-state index contributed by atoms with van der Waals surface area (Å²) in [7, 11) is 0. The van der Waals surface area contributed by atoms with Gasteiger partial charge in [0.05, 0.1) is 5.60 Å². The van der Waals surface area contributed by atoms with Crippen LogP contribution in [0.4, 0.5) is 0 Å². The zero-order valence-electron chi connectivity index (χ0n) is 8.31. The van der Waals surface area contributed by atoms with E-state index in [1.165, 1.54) is 0 Å². The van der Waals surface area contributed by atoms with Crippen molar-refractivity contribution in [3.8, 4) is 0 Å². The number of allylic oxidation sites excluding steroid dienone is 1. The molecule has 0 spiro atoms. The average Bonchev–Trinajstić information content (AvgIpc) is 1.81. The Balaban J connectivity index is 4.34. The molecule has 66 valence electrons. The molecule has 0 heterocycles. The fraction of sp³-hybridized carbons (Fsp3) is 0.800. The predicted octanol–water partition coefficient (Wildman–Crippen LogP) is 2.75. The molecule has 0 aromatic heterocycles. The van der Waals surface area contributed by atoms with E-state index in [1.807, 2.05) is 27.7 Å². The van der Waals surface area contributed by atoms with Crippen LogP contribution >= 0.6 is 0 Å². The topological polar surface area (TPSA) is 20.2 Å². The van der Waals surface area contributed by atoms with E-state index in [9.17, 15) is 5.11 Å². The second-order valence-corrected chi connectivity index (χ2v) is 4.09. The second-order valence-electron chi connectivity index (χ2n) is 4.09. The van der Waals surface area contributed by atoms with Crippen molar-refractivity contribution in [2.45, 2.75) is 46.6 Å². The van der Waals surface area contributed by atoms with Gasteiger partial charge in [0, 0.05) is 5.41 Å². The minimum absolute atomic E-state index is 0.136. The Hall–Kier alpha value is -0.300. The lowest BCUT2D eigenvalue weighted by Gasteiger charge is -2.34. The van der Waals surface area contributed by atoms with Gasteiger partial charge >= 0.3 is 0 Å². The zero-order chi connectivity index (χ0) is 9.12. The first kappa shape index (κ1) is 10.7. The molecule has 1 nitrogen and oxygen atoms in total. The van der Waals surface area contributed by atoms with E-state index in [0.717, 1.165) is 6.42 Å². The maximum atomic E-state index is 9.72. The number of hydrogen-bond acceptors (Lipinski definition) is 1. The van der Waals surface area contributed by atoms with E-state index < -0.39 is 5.60 Å². The smallest absolute Gasteiger partial charge is 0.0676 e. The molecular formula is C10H20O. The Morgan fingerprint density at radius 2 is 1.64 bits per heavy atom. The van der Waals surface area contributed by atoms with Crippen molar-refractivity contribution in [3.63, 3.8) is 0 Å². The fourth-order valence-electron chi connectivity index (χ4n) is 0.616. The van der Waals surface area contributed by atoms with Gasteiger partial charge in [-0.15, -0.1) is 0 Å². The van der Waals surface area contributed by atoms with Crippen molar-refractivity contribution in [2.24, 2.45) is 5.41 Å². The van der Waals surface area contributed by atoms with Gasteiger partial charge in [0.2, 0.25) is 0 Å². The summed E-state index contributed by atoms with van der Waals surface area (Å²) in [6.07, 6.45) is 5.20. The highest BCUT2D eigenvalue weighted by molar-refractivity contribution is 5.02. The fourth-order valence-corrected chi connectivity index (χ4v) is 0.616. The van der Waals surface area contributed by atoms with Crippen molar-refractivity contribution in [3.05, 3.63) is 12.2 Å². The third kappa shape index (κ3) is 3.06. The molecule has 0 aliphatic carbocycles. The van der Waals surface area contributed by atoms with Crippen LogP contribution in [-0.2, 0) is 0 Å². The molecule has 0 amide bonds. The Labute approximate surface area is 70.1 Å². The van der Waals surface area contributed by atoms with Gasteiger partial charge in [-0.1, -0.05) is 32.9 Å². The molecule has 0 rings (SSSR count). The molecule has 0 radical (unpaired) electrons. The molecule has 0 unspecified atom stereocenters. The molecule has 0 fully saturated rings. The summed E-state index contributed by atoms with van der Waals surface area (Å²) in [5, 5.41) is 9.72. The van der Waals surface area contributed by atoms with E-state index in [4.69, 9.17) is 0 Å². The van der Waals surface area contributed by atoms with Crippen LogP contribution in [0.25, 0.3) is 0 Å². The Bertz CT molecular complexity index is 137. The normalized spacial score (nSPS) is 14.4. The SMILES string of the molecule is CC/C=C/C(C)(C)C(C)(C)O. The van der Waals surface area contributed by atoms with Gasteiger partial charge in [-0.3, -0.25) is 0 Å². The minimum Gasteiger partial charge on any atom is -0.390 e. The van der Waals surface area contributed by atoms with Crippen molar-refractivity contribution in [2.75, 3.05) is 0 Å². The lowest BCUT2D eigenvalue weighted by molar-refractivity contribution is -0.00749. The summed E-state index contributed by atoms with van der Waals surface area (Å²) >= 11 is 0. The third-order valence-corrected chi connectivity index (χ3v) is 2.35. The largest absolute Gasteiger partial charge is 0.390 e. The summed E-state index contributed by atoms with van der Waals surface area (Å²) in [5.74, 6) is 0. The Morgan fingerprint density at radius 1 is 1.18 bits per heavy atom. The van der Waals surface area contributed by atoms with Crippen LogP contribution < -0.4 is 0 Å². The van der Waals surface area contributed by atoms with Gasteiger partial charge in [-0.05, 0) is 20.3 Å². The molecule has 11 heavy (non-hydrogen) atoms. The molecule has 0 atom stereocenters. The second kappa shape index (κ2) is 3.40. The first-order chi connectivity index (χ1) is 4.81. The van der Waals surface area contributed by atoms with Crippen molar-refractivity contribution < 1.29 is 5.11 Å². The molecule has 0 aliphatic rings. The van der Waals surface area contributed by atoms with Crippen LogP contribution in [0.3, 0.4) is 0 Å². The van der Waals surface area contributed by atoms with Gasteiger partial charge in [-0.2, -0.15) is 0 Å². The highest BCUT2D eigenvalue weighted by Gasteiger charge is 2.31. The molecule has 0 bridgehead atoms. The van der Waals surface area contributed by atoms with Crippen LogP contribution in [0.5, 0.6) is 0 Å². The maximum absolute atomic E-state index is 9.72. The number of hydrogen-bond donors (Lipinski definition) is 1. The van der Waals surface area contributed by atoms with E-state index >= 15 is 0 Å². The molecule has 0 saturated carbocycles. The first-order valence-corrected chi connectivity index (χ1v) is 4.21. The highest BCUT2D eigenvalue weighted by atomic mass is 16.3. The average molecular weight is 156 g/mol. The Kier molecular flexibility index (Phi) is 3.30. The zero-order valence-corrected chi connectivity index (χ0v) is 8.31. The summed E-state index contributed by atoms with van der Waals surface area (Å²) < 4.78 is 0. The van der Waals surface area contributed by atoms with Crippen LogP contribution in [0.15, 0.2) is 12.2 Å². The molecule has 0 aromatic carbocycles. The van der Waals surface area contributed by atoms with Crippen LogP contribution in [0.1, 0.15) is 41.0 Å². The third-order valence-electron chi connectivity index (χ3n) is 2.35. The summed E-state index contributed by atoms with van der Waals surface area (Å²) in [5.41, 5.74) is -0.776. The standard InChI is InChI=1S/C10H20O/c1-6-7-8-9(2,3)10(4,5)11/h7-8,11H,6H2,1-5H3/b8-7+. The monoisotopic (exact) mass is 156 g/mol. The van der Waals surface area contributed by atoms with Gasteiger partial charge in [0.15, 0.2) is 0 Å². The van der Waals surface area contributed by atoms with Crippen LogP contribution in [0, 0.1) is 5.41 Å². The summed E-state index contributed by atoms with van der Waals surface area (Å²) in [4.78, 5) is 0. The quantitative estimate of drug-likeness (QED) is 0.623. The van der Waals surface area contributed by atoms with Crippen LogP contribution in [0.2, 0.25) is 0 Å². The molecule has 1 N–H and O–H groups in total. The van der Waals surface area contributed by atoms with Crippen molar-refractivity contribution >= 4 is 0 Å².